The SMILES string of the molecule is C[C@@H]1CC[C@@H](C)N1[C@@H](C)C(=O)NCc1cccc(C(F)(F)F)c1. The fourth-order valence-corrected chi connectivity index (χ4v) is 3.31. The number of alkyl halides is 3. The smallest absolute Gasteiger partial charge is 0.351 e. The molecular formula is C17H23F3N2O. The molecule has 0 radical (unpaired) electrons. The summed E-state index contributed by atoms with van der Waals surface area (Å²) in [7, 11) is 0. The van der Waals surface area contributed by atoms with Crippen LogP contribution in [0.15, 0.2) is 24.3 Å². The summed E-state index contributed by atoms with van der Waals surface area (Å²) in [6.07, 6.45) is -2.24. The van der Waals surface area contributed by atoms with E-state index in [9.17, 15) is 18.0 Å². The third-order valence-electron chi connectivity index (χ3n) is 4.57. The number of carbonyl (C=O) groups is 1. The molecule has 1 aliphatic rings. The summed E-state index contributed by atoms with van der Waals surface area (Å²) >= 11 is 0. The van der Waals surface area contributed by atoms with E-state index in [-0.39, 0.29) is 18.5 Å². The van der Waals surface area contributed by atoms with Gasteiger partial charge in [0.2, 0.25) is 5.91 Å². The van der Waals surface area contributed by atoms with Crippen LogP contribution in [0.25, 0.3) is 0 Å². The van der Waals surface area contributed by atoms with Crippen LogP contribution in [0.2, 0.25) is 0 Å². The third-order valence-corrected chi connectivity index (χ3v) is 4.57. The number of halogens is 3. The Kier molecular flexibility index (Phi) is 5.34. The van der Waals surface area contributed by atoms with E-state index in [1.807, 2.05) is 6.92 Å². The first kappa shape index (κ1) is 17.8. The minimum absolute atomic E-state index is 0.101. The van der Waals surface area contributed by atoms with Gasteiger partial charge in [-0.2, -0.15) is 13.2 Å². The van der Waals surface area contributed by atoms with Gasteiger partial charge in [-0.15, -0.1) is 0 Å². The summed E-state index contributed by atoms with van der Waals surface area (Å²) in [5.41, 5.74) is -0.248. The molecule has 1 aromatic rings. The van der Waals surface area contributed by atoms with Crippen LogP contribution >= 0.6 is 0 Å². The van der Waals surface area contributed by atoms with Crippen LogP contribution in [0.5, 0.6) is 0 Å². The number of benzene rings is 1. The number of carbonyl (C=O) groups excluding carboxylic acids is 1. The highest BCUT2D eigenvalue weighted by atomic mass is 19.4. The molecule has 1 N–H and O–H groups in total. The number of nitrogens with one attached hydrogen (secondary N) is 1. The number of likely N-dealkylation sites (tertiary alicyclic amines) is 1. The average Bonchev–Trinajstić information content (AvgIpc) is 2.82. The second-order valence-electron chi connectivity index (χ2n) is 6.31. The standard InChI is InChI=1S/C17H23F3N2O/c1-11-7-8-12(2)22(11)13(3)16(23)21-10-14-5-4-6-15(9-14)17(18,19)20/h4-6,9,11-13H,7-8,10H2,1-3H3,(H,21,23)/t11-,12-,13+/m1/s1. The number of rotatable bonds is 4. The maximum Gasteiger partial charge on any atom is 0.416 e. The summed E-state index contributed by atoms with van der Waals surface area (Å²) in [4.78, 5) is 14.5. The molecule has 1 aliphatic heterocycles. The minimum atomic E-state index is -4.37. The lowest BCUT2D eigenvalue weighted by Crippen LogP contribution is -2.48. The quantitative estimate of drug-likeness (QED) is 0.916. The topological polar surface area (TPSA) is 32.3 Å². The normalized spacial score (nSPS) is 23.7. The van der Waals surface area contributed by atoms with Crippen molar-refractivity contribution in [1.29, 1.82) is 0 Å². The molecule has 6 heteroatoms. The fourth-order valence-electron chi connectivity index (χ4n) is 3.31. The Morgan fingerprint density at radius 1 is 1.30 bits per heavy atom. The van der Waals surface area contributed by atoms with E-state index in [1.165, 1.54) is 6.07 Å². The molecule has 128 valence electrons. The molecule has 1 aromatic carbocycles. The van der Waals surface area contributed by atoms with Crippen molar-refractivity contribution in [2.75, 3.05) is 0 Å². The lowest BCUT2D eigenvalue weighted by Gasteiger charge is -2.31. The molecule has 3 nitrogen and oxygen atoms in total. The molecular weight excluding hydrogens is 305 g/mol. The van der Waals surface area contributed by atoms with Gasteiger partial charge >= 0.3 is 6.18 Å². The van der Waals surface area contributed by atoms with Gasteiger partial charge in [-0.05, 0) is 51.3 Å². The Labute approximate surface area is 134 Å². The number of amides is 1. The van der Waals surface area contributed by atoms with Crippen LogP contribution in [0.4, 0.5) is 13.2 Å². The third kappa shape index (κ3) is 4.25. The van der Waals surface area contributed by atoms with Crippen molar-refractivity contribution < 1.29 is 18.0 Å². The van der Waals surface area contributed by atoms with E-state index in [2.05, 4.69) is 24.1 Å². The van der Waals surface area contributed by atoms with Gasteiger partial charge < -0.3 is 5.32 Å². The Balaban J connectivity index is 1.96. The molecule has 0 bridgehead atoms. The van der Waals surface area contributed by atoms with E-state index in [0.717, 1.165) is 25.0 Å². The van der Waals surface area contributed by atoms with Gasteiger partial charge in [0.15, 0.2) is 0 Å². The number of nitrogens with zero attached hydrogens (tertiary/aromatic N) is 1. The molecule has 0 saturated carbocycles. The fraction of sp³-hybridized carbons (Fsp3) is 0.588. The first-order chi connectivity index (χ1) is 10.7. The molecule has 1 heterocycles. The summed E-state index contributed by atoms with van der Waals surface area (Å²) in [5.74, 6) is -0.150. The predicted octanol–water partition coefficient (Wildman–Crippen LogP) is 3.58. The summed E-state index contributed by atoms with van der Waals surface area (Å²) in [6.45, 7) is 6.14. The highest BCUT2D eigenvalue weighted by molar-refractivity contribution is 5.81. The zero-order valence-corrected chi connectivity index (χ0v) is 13.7. The highest BCUT2D eigenvalue weighted by Crippen LogP contribution is 2.29. The van der Waals surface area contributed by atoms with Crippen LogP contribution in [-0.4, -0.2) is 28.9 Å². The Bertz CT molecular complexity index is 549. The van der Waals surface area contributed by atoms with Gasteiger partial charge in [-0.25, -0.2) is 0 Å². The van der Waals surface area contributed by atoms with Crippen LogP contribution < -0.4 is 5.32 Å². The van der Waals surface area contributed by atoms with Crippen LogP contribution in [0.3, 0.4) is 0 Å². The molecule has 23 heavy (non-hydrogen) atoms. The highest BCUT2D eigenvalue weighted by Gasteiger charge is 2.34. The first-order valence-corrected chi connectivity index (χ1v) is 7.91. The molecule has 3 atom stereocenters. The van der Waals surface area contributed by atoms with Crippen LogP contribution in [0, 0.1) is 0 Å². The van der Waals surface area contributed by atoms with E-state index < -0.39 is 11.7 Å². The predicted molar refractivity (Wildman–Crippen MR) is 82.7 cm³/mol. The zero-order valence-electron chi connectivity index (χ0n) is 13.7. The van der Waals surface area contributed by atoms with Crippen molar-refractivity contribution in [3.8, 4) is 0 Å². The van der Waals surface area contributed by atoms with Gasteiger partial charge in [0.25, 0.3) is 0 Å². The molecule has 1 fully saturated rings. The van der Waals surface area contributed by atoms with Gasteiger partial charge in [-0.1, -0.05) is 12.1 Å². The van der Waals surface area contributed by atoms with Gasteiger partial charge in [0.05, 0.1) is 11.6 Å². The second kappa shape index (κ2) is 6.91. The minimum Gasteiger partial charge on any atom is -0.351 e. The van der Waals surface area contributed by atoms with E-state index in [0.29, 0.717) is 17.6 Å². The molecule has 1 amide bonds. The lowest BCUT2D eigenvalue weighted by atomic mass is 10.1. The van der Waals surface area contributed by atoms with Crippen LogP contribution in [0.1, 0.15) is 44.7 Å². The van der Waals surface area contributed by atoms with Gasteiger partial charge in [0, 0.05) is 18.6 Å². The maximum absolute atomic E-state index is 12.7. The van der Waals surface area contributed by atoms with Crippen molar-refractivity contribution in [2.45, 2.75) is 64.5 Å². The van der Waals surface area contributed by atoms with Crippen molar-refractivity contribution in [1.82, 2.24) is 10.2 Å². The summed E-state index contributed by atoms with van der Waals surface area (Å²) in [5, 5.41) is 2.75. The van der Waals surface area contributed by atoms with Crippen molar-refractivity contribution >= 4 is 5.91 Å². The molecule has 0 aromatic heterocycles. The van der Waals surface area contributed by atoms with Crippen molar-refractivity contribution in [3.63, 3.8) is 0 Å². The van der Waals surface area contributed by atoms with Gasteiger partial charge in [0.1, 0.15) is 0 Å². The summed E-state index contributed by atoms with van der Waals surface area (Å²) in [6, 6.07) is 5.46. The largest absolute Gasteiger partial charge is 0.416 e. The van der Waals surface area contributed by atoms with Crippen LogP contribution in [-0.2, 0) is 17.5 Å². The monoisotopic (exact) mass is 328 g/mol. The maximum atomic E-state index is 12.7. The van der Waals surface area contributed by atoms with Gasteiger partial charge in [-0.3, -0.25) is 9.69 Å². The molecule has 0 aliphatic carbocycles. The summed E-state index contributed by atoms with van der Waals surface area (Å²) < 4.78 is 38.1. The Morgan fingerprint density at radius 3 is 2.48 bits per heavy atom. The first-order valence-electron chi connectivity index (χ1n) is 7.91. The van der Waals surface area contributed by atoms with Crippen molar-refractivity contribution in [3.05, 3.63) is 35.4 Å². The van der Waals surface area contributed by atoms with Crippen molar-refractivity contribution in [2.24, 2.45) is 0 Å². The lowest BCUT2D eigenvalue weighted by molar-refractivity contribution is -0.137. The Morgan fingerprint density at radius 2 is 1.91 bits per heavy atom. The molecule has 1 saturated heterocycles. The van der Waals surface area contributed by atoms with E-state index >= 15 is 0 Å². The molecule has 0 unspecified atom stereocenters. The number of hydrogen-bond donors (Lipinski definition) is 1. The second-order valence-corrected chi connectivity index (χ2v) is 6.31. The zero-order chi connectivity index (χ0) is 17.2. The number of hydrogen-bond acceptors (Lipinski definition) is 2. The van der Waals surface area contributed by atoms with E-state index in [4.69, 9.17) is 0 Å². The average molecular weight is 328 g/mol. The molecule has 0 spiro atoms. The van der Waals surface area contributed by atoms with E-state index in [1.54, 1.807) is 6.07 Å². The molecule has 2 rings (SSSR count). The Hall–Kier alpha value is -1.56.